The van der Waals surface area contributed by atoms with E-state index in [-0.39, 0.29) is 6.07 Å². The van der Waals surface area contributed by atoms with Gasteiger partial charge in [0.25, 0.3) is 0 Å². The van der Waals surface area contributed by atoms with Gasteiger partial charge in [0.1, 0.15) is 11.5 Å². The Morgan fingerprint density at radius 1 is 0.550 bits per heavy atom. The van der Waals surface area contributed by atoms with Crippen molar-refractivity contribution in [3.8, 4) is 11.5 Å². The molecule has 0 saturated heterocycles. The van der Waals surface area contributed by atoms with Crippen LogP contribution >= 0.6 is 0 Å². The predicted molar refractivity (Wildman–Crippen MR) is 93.4 cm³/mol. The van der Waals surface area contributed by atoms with Crippen LogP contribution in [0.2, 0.25) is 0 Å². The molecule has 21 heteroatoms. The minimum Gasteiger partial charge on any atom is -0.426 e. The Morgan fingerprint density at radius 2 is 0.900 bits per heavy atom. The second-order valence-corrected chi connectivity index (χ2v) is 7.77. The fourth-order valence-electron chi connectivity index (χ4n) is 2.79. The van der Waals surface area contributed by atoms with E-state index in [1.807, 2.05) is 0 Å². The van der Waals surface area contributed by atoms with Gasteiger partial charge in [-0.05, 0) is 19.1 Å². The molecular formula is C19H11F17O4. The van der Waals surface area contributed by atoms with Gasteiger partial charge in [-0.1, -0.05) is 0 Å². The predicted octanol–water partition coefficient (Wildman–Crippen LogP) is 7.31. The van der Waals surface area contributed by atoms with Gasteiger partial charge >= 0.3 is 59.6 Å². The molecule has 0 heterocycles. The van der Waals surface area contributed by atoms with Crippen molar-refractivity contribution in [2.45, 2.75) is 68.4 Å². The molecule has 1 aromatic carbocycles. The first-order valence-electron chi connectivity index (χ1n) is 9.60. The van der Waals surface area contributed by atoms with E-state index in [1.165, 1.54) is 0 Å². The first-order valence-corrected chi connectivity index (χ1v) is 9.60. The molecule has 0 amide bonds. The highest BCUT2D eigenvalue weighted by Crippen LogP contribution is 2.65. The van der Waals surface area contributed by atoms with Crippen molar-refractivity contribution in [3.63, 3.8) is 0 Å². The SMILES string of the molecule is CC(=O)Oc1ccc(C(F)(F)C(F)(F)C(F)(F)C(F)(F)C(F)(F)C(F)(F)C(F)(F)C(F)(F)F)c(OC(C)=O)c1C. The second kappa shape index (κ2) is 9.81. The monoisotopic (exact) mass is 626 g/mol. The van der Waals surface area contributed by atoms with E-state index in [9.17, 15) is 84.2 Å². The van der Waals surface area contributed by atoms with Crippen molar-refractivity contribution in [1.29, 1.82) is 0 Å². The molecule has 0 radical (unpaired) electrons. The molecule has 0 unspecified atom stereocenters. The fourth-order valence-corrected chi connectivity index (χ4v) is 2.79. The largest absolute Gasteiger partial charge is 0.460 e. The molecule has 1 aromatic rings. The van der Waals surface area contributed by atoms with Gasteiger partial charge in [0.2, 0.25) is 0 Å². The molecule has 1 rings (SSSR count). The Morgan fingerprint density at radius 3 is 1.25 bits per heavy atom. The summed E-state index contributed by atoms with van der Waals surface area (Å²) in [5, 5.41) is 0. The van der Waals surface area contributed by atoms with Gasteiger partial charge in [-0.15, -0.1) is 0 Å². The van der Waals surface area contributed by atoms with E-state index < -0.39 is 88.3 Å². The molecule has 40 heavy (non-hydrogen) atoms. The topological polar surface area (TPSA) is 52.6 Å². The minimum atomic E-state index is -8.78. The summed E-state index contributed by atoms with van der Waals surface area (Å²) >= 11 is 0. The first kappa shape index (κ1) is 35.0. The molecule has 0 aliphatic rings. The van der Waals surface area contributed by atoms with Gasteiger partial charge in [-0.3, -0.25) is 9.59 Å². The van der Waals surface area contributed by atoms with Gasteiger partial charge in [0, 0.05) is 19.4 Å². The Bertz CT molecular complexity index is 1150. The average molecular weight is 626 g/mol. The quantitative estimate of drug-likeness (QED) is 0.164. The Labute approximate surface area is 210 Å². The van der Waals surface area contributed by atoms with Gasteiger partial charge in [-0.25, -0.2) is 0 Å². The number of hydrogen-bond donors (Lipinski definition) is 0. The molecule has 0 saturated carbocycles. The van der Waals surface area contributed by atoms with Gasteiger partial charge in [-0.2, -0.15) is 74.6 Å². The number of ether oxygens (including phenoxy) is 2. The smallest absolute Gasteiger partial charge is 0.426 e. The number of hydrogen-bond acceptors (Lipinski definition) is 4. The minimum absolute atomic E-state index is 0.0893. The van der Waals surface area contributed by atoms with Crippen molar-refractivity contribution in [3.05, 3.63) is 23.3 Å². The summed E-state index contributed by atoms with van der Waals surface area (Å²) in [7, 11) is 0. The van der Waals surface area contributed by atoms with Crippen LogP contribution in [-0.4, -0.2) is 53.7 Å². The zero-order valence-electron chi connectivity index (χ0n) is 19.2. The highest BCUT2D eigenvalue weighted by molar-refractivity contribution is 5.73. The lowest BCUT2D eigenvalue weighted by Gasteiger charge is -2.43. The van der Waals surface area contributed by atoms with Gasteiger partial charge in [0.15, 0.2) is 0 Å². The summed E-state index contributed by atoms with van der Waals surface area (Å²) in [5.74, 6) is -63.9. The lowest BCUT2D eigenvalue weighted by Crippen LogP contribution is -2.74. The van der Waals surface area contributed by atoms with Crippen LogP contribution in [0, 0.1) is 6.92 Å². The molecule has 0 aliphatic carbocycles. The van der Waals surface area contributed by atoms with E-state index in [2.05, 4.69) is 9.47 Å². The van der Waals surface area contributed by atoms with E-state index in [0.29, 0.717) is 20.8 Å². The fraction of sp³-hybridized carbons (Fsp3) is 0.579. The number of benzene rings is 1. The van der Waals surface area contributed by atoms with Crippen LogP contribution in [0.25, 0.3) is 0 Å². The van der Waals surface area contributed by atoms with Crippen molar-refractivity contribution in [1.82, 2.24) is 0 Å². The van der Waals surface area contributed by atoms with Crippen LogP contribution in [0.1, 0.15) is 25.0 Å². The standard InChI is InChI=1S/C19H11F17O4/c1-6-10(39-7(2)37)5-4-9(11(6)40-8(3)38)12(20,21)13(22,23)14(24,25)15(26,27)16(28,29)17(30,31)18(32,33)19(34,35)36/h4-5H,1-3H3. The average Bonchev–Trinajstić information content (AvgIpc) is 2.74. The lowest BCUT2D eigenvalue weighted by molar-refractivity contribution is -0.462. The van der Waals surface area contributed by atoms with E-state index in [4.69, 9.17) is 0 Å². The maximum atomic E-state index is 14.7. The van der Waals surface area contributed by atoms with Crippen LogP contribution in [-0.2, 0) is 15.5 Å². The van der Waals surface area contributed by atoms with Crippen molar-refractivity contribution in [2.75, 3.05) is 0 Å². The molecule has 4 nitrogen and oxygen atoms in total. The van der Waals surface area contributed by atoms with E-state index >= 15 is 0 Å². The summed E-state index contributed by atoms with van der Waals surface area (Å²) in [4.78, 5) is 22.3. The van der Waals surface area contributed by atoms with Crippen LogP contribution in [0.3, 0.4) is 0 Å². The van der Waals surface area contributed by atoms with E-state index in [1.54, 1.807) is 0 Å². The maximum Gasteiger partial charge on any atom is 0.460 e. The lowest BCUT2D eigenvalue weighted by atomic mass is 9.86. The highest BCUT2D eigenvalue weighted by Gasteiger charge is 2.95. The molecular weight excluding hydrogens is 615 g/mol. The molecule has 0 spiro atoms. The van der Waals surface area contributed by atoms with Crippen LogP contribution in [0.15, 0.2) is 12.1 Å². The number of alkyl halides is 17. The first-order chi connectivity index (χ1) is 17.4. The molecule has 0 aliphatic heterocycles. The molecule has 0 bridgehead atoms. The summed E-state index contributed by atoms with van der Waals surface area (Å²) in [6.45, 7) is 1.56. The molecule has 0 fully saturated rings. The van der Waals surface area contributed by atoms with E-state index in [0.717, 1.165) is 0 Å². The van der Waals surface area contributed by atoms with Crippen LogP contribution < -0.4 is 9.47 Å². The normalized spacial score (nSPS) is 14.7. The molecule has 0 N–H and O–H groups in total. The zero-order chi connectivity index (χ0) is 32.3. The maximum absolute atomic E-state index is 14.7. The number of rotatable bonds is 9. The second-order valence-electron chi connectivity index (χ2n) is 7.77. The van der Waals surface area contributed by atoms with Crippen LogP contribution in [0.5, 0.6) is 11.5 Å². The third kappa shape index (κ3) is 4.88. The number of halogens is 17. The van der Waals surface area contributed by atoms with Crippen LogP contribution in [0.4, 0.5) is 74.6 Å². The summed E-state index contributed by atoms with van der Waals surface area (Å²) < 4.78 is 239. The highest BCUT2D eigenvalue weighted by atomic mass is 19.4. The summed E-state index contributed by atoms with van der Waals surface area (Å²) in [6.07, 6.45) is -7.86. The van der Waals surface area contributed by atoms with Gasteiger partial charge < -0.3 is 9.47 Å². The summed E-state index contributed by atoms with van der Waals surface area (Å²) in [5.41, 5.74) is -3.82. The summed E-state index contributed by atoms with van der Waals surface area (Å²) in [6, 6.07) is -0.359. The number of esters is 2. The zero-order valence-corrected chi connectivity index (χ0v) is 19.2. The molecule has 0 aromatic heterocycles. The van der Waals surface area contributed by atoms with Gasteiger partial charge in [0.05, 0.1) is 5.56 Å². The Hall–Kier alpha value is -3.03. The third-order valence-corrected chi connectivity index (χ3v) is 4.92. The molecule has 230 valence electrons. The van der Waals surface area contributed by atoms with Crippen molar-refractivity contribution >= 4 is 11.9 Å². The number of carbonyl (C=O) groups excluding carboxylic acids is 2. The Kier molecular flexibility index (Phi) is 8.58. The van der Waals surface area contributed by atoms with Crippen molar-refractivity contribution < 1.29 is 93.7 Å². The van der Waals surface area contributed by atoms with Crippen molar-refractivity contribution in [2.24, 2.45) is 0 Å². The Balaban J connectivity index is 3.95. The molecule has 0 atom stereocenters. The number of carbonyl (C=O) groups is 2. The third-order valence-electron chi connectivity index (χ3n) is 4.92.